The van der Waals surface area contributed by atoms with E-state index in [2.05, 4.69) is 10.2 Å². The maximum Gasteiger partial charge on any atom is 0.237 e. The van der Waals surface area contributed by atoms with Crippen LogP contribution in [0.15, 0.2) is 0 Å². The van der Waals surface area contributed by atoms with Gasteiger partial charge in [-0.15, -0.1) is 0 Å². The molecule has 0 bridgehead atoms. The Morgan fingerprint density at radius 2 is 1.88 bits per heavy atom. The Morgan fingerprint density at radius 1 is 1.12 bits per heavy atom. The fourth-order valence-corrected chi connectivity index (χ4v) is 4.61. The minimum atomic E-state index is -0.145. The van der Waals surface area contributed by atoms with Gasteiger partial charge >= 0.3 is 0 Å². The molecule has 6 nitrogen and oxygen atoms in total. The van der Waals surface area contributed by atoms with Gasteiger partial charge in [0.25, 0.3) is 0 Å². The van der Waals surface area contributed by atoms with Gasteiger partial charge < -0.3 is 15.0 Å². The quantitative estimate of drug-likeness (QED) is 0.817. The second kappa shape index (κ2) is 7.83. The van der Waals surface area contributed by atoms with Gasteiger partial charge in [-0.1, -0.05) is 0 Å². The predicted molar refractivity (Wildman–Crippen MR) is 91.6 cm³/mol. The van der Waals surface area contributed by atoms with Crippen molar-refractivity contribution in [3.63, 3.8) is 0 Å². The molecule has 0 aromatic heterocycles. The van der Waals surface area contributed by atoms with Crippen molar-refractivity contribution < 1.29 is 14.3 Å². The predicted octanol–water partition coefficient (Wildman–Crippen LogP) is 1.15. The molecule has 0 spiro atoms. The van der Waals surface area contributed by atoms with Crippen LogP contribution in [0.1, 0.15) is 52.4 Å². The summed E-state index contributed by atoms with van der Waals surface area (Å²) in [5.74, 6) is 0.254. The smallest absolute Gasteiger partial charge is 0.237 e. The van der Waals surface area contributed by atoms with Crippen LogP contribution in [0, 0.1) is 0 Å². The Hall–Kier alpha value is -1.14. The summed E-state index contributed by atoms with van der Waals surface area (Å²) in [6.45, 7) is 6.90. The molecule has 24 heavy (non-hydrogen) atoms. The van der Waals surface area contributed by atoms with Crippen LogP contribution < -0.4 is 5.32 Å². The van der Waals surface area contributed by atoms with Gasteiger partial charge in [0.05, 0.1) is 12.1 Å². The first-order chi connectivity index (χ1) is 11.6. The number of carbonyl (C=O) groups excluding carboxylic acids is 2. The van der Waals surface area contributed by atoms with E-state index < -0.39 is 0 Å². The van der Waals surface area contributed by atoms with E-state index in [9.17, 15) is 9.59 Å². The average Bonchev–Trinajstić information content (AvgIpc) is 3.31. The Morgan fingerprint density at radius 3 is 2.58 bits per heavy atom. The third kappa shape index (κ3) is 3.75. The second-order valence-corrected chi connectivity index (χ2v) is 7.43. The molecule has 0 aromatic rings. The van der Waals surface area contributed by atoms with Crippen LogP contribution in [0.2, 0.25) is 0 Å². The first-order valence-electron chi connectivity index (χ1n) is 9.50. The molecule has 3 fully saturated rings. The number of hydrogen-bond acceptors (Lipinski definition) is 4. The van der Waals surface area contributed by atoms with Crippen molar-refractivity contribution >= 4 is 11.8 Å². The molecule has 0 aromatic carbocycles. The van der Waals surface area contributed by atoms with Crippen molar-refractivity contribution in [1.82, 2.24) is 15.1 Å². The maximum atomic E-state index is 12.6. The van der Waals surface area contributed by atoms with Gasteiger partial charge in [0.15, 0.2) is 0 Å². The van der Waals surface area contributed by atoms with E-state index in [1.54, 1.807) is 6.92 Å². The largest absolute Gasteiger partial charge is 0.376 e. The third-order valence-corrected chi connectivity index (χ3v) is 5.89. The fraction of sp³-hybridized carbons (Fsp3) is 0.889. The van der Waals surface area contributed by atoms with E-state index in [4.69, 9.17) is 4.74 Å². The monoisotopic (exact) mass is 337 g/mol. The third-order valence-electron chi connectivity index (χ3n) is 5.89. The standard InChI is InChI=1S/C18H31N3O3/c1-13(18(23)19-12-15-6-5-11-24-15)20-9-3-7-16(20)17-8-4-10-21(17)14(2)22/h13,15-17H,3-12H2,1-2H3,(H,19,23)/t13-,15+,16+,17-/m1/s1. The number of likely N-dealkylation sites (tertiary alicyclic amines) is 2. The van der Waals surface area contributed by atoms with Gasteiger partial charge in [0.1, 0.15) is 0 Å². The van der Waals surface area contributed by atoms with E-state index >= 15 is 0 Å². The zero-order valence-electron chi connectivity index (χ0n) is 15.0. The molecule has 3 heterocycles. The molecule has 3 rings (SSSR count). The van der Waals surface area contributed by atoms with Gasteiger partial charge in [-0.25, -0.2) is 0 Å². The van der Waals surface area contributed by atoms with Crippen LogP contribution in [0.4, 0.5) is 0 Å². The molecule has 2 amide bonds. The molecule has 0 unspecified atom stereocenters. The lowest BCUT2D eigenvalue weighted by atomic mass is 10.0. The van der Waals surface area contributed by atoms with Crippen molar-refractivity contribution in [2.75, 3.05) is 26.2 Å². The van der Waals surface area contributed by atoms with Crippen LogP contribution in [0.3, 0.4) is 0 Å². The Balaban J connectivity index is 1.57. The number of nitrogens with zero attached hydrogens (tertiary/aromatic N) is 2. The zero-order chi connectivity index (χ0) is 17.1. The molecule has 0 radical (unpaired) electrons. The van der Waals surface area contributed by atoms with Crippen LogP contribution in [-0.2, 0) is 14.3 Å². The fourth-order valence-electron chi connectivity index (χ4n) is 4.61. The molecule has 6 heteroatoms. The highest BCUT2D eigenvalue weighted by molar-refractivity contribution is 5.81. The number of nitrogens with one attached hydrogen (secondary N) is 1. The second-order valence-electron chi connectivity index (χ2n) is 7.43. The van der Waals surface area contributed by atoms with Gasteiger partial charge in [-0.3, -0.25) is 14.5 Å². The lowest BCUT2D eigenvalue weighted by molar-refractivity contribution is -0.131. The van der Waals surface area contributed by atoms with Crippen LogP contribution in [0.25, 0.3) is 0 Å². The van der Waals surface area contributed by atoms with E-state index in [1.165, 1.54) is 0 Å². The molecule has 1 N–H and O–H groups in total. The highest BCUT2D eigenvalue weighted by Gasteiger charge is 2.41. The number of carbonyl (C=O) groups is 2. The highest BCUT2D eigenvalue weighted by Crippen LogP contribution is 2.31. The molecule has 4 atom stereocenters. The lowest BCUT2D eigenvalue weighted by Gasteiger charge is -2.37. The molecule has 3 aliphatic rings. The maximum absolute atomic E-state index is 12.6. The first kappa shape index (κ1) is 17.7. The van der Waals surface area contributed by atoms with E-state index in [0.29, 0.717) is 12.6 Å². The normalized spacial score (nSPS) is 32.2. The Labute approximate surface area is 144 Å². The van der Waals surface area contributed by atoms with Crippen LogP contribution in [0.5, 0.6) is 0 Å². The van der Waals surface area contributed by atoms with Crippen molar-refractivity contribution in [2.24, 2.45) is 0 Å². The van der Waals surface area contributed by atoms with Crippen LogP contribution in [-0.4, -0.2) is 72.1 Å². The van der Waals surface area contributed by atoms with Crippen molar-refractivity contribution in [1.29, 1.82) is 0 Å². The number of amides is 2. The average molecular weight is 337 g/mol. The summed E-state index contributed by atoms with van der Waals surface area (Å²) in [7, 11) is 0. The topological polar surface area (TPSA) is 61.9 Å². The summed E-state index contributed by atoms with van der Waals surface area (Å²) in [6, 6.07) is 0.451. The minimum Gasteiger partial charge on any atom is -0.376 e. The van der Waals surface area contributed by atoms with Gasteiger partial charge in [0.2, 0.25) is 11.8 Å². The lowest BCUT2D eigenvalue weighted by Crippen LogP contribution is -2.54. The van der Waals surface area contributed by atoms with Crippen LogP contribution >= 0.6 is 0 Å². The zero-order valence-corrected chi connectivity index (χ0v) is 15.0. The van der Waals surface area contributed by atoms with E-state index in [1.807, 2.05) is 11.8 Å². The summed E-state index contributed by atoms with van der Waals surface area (Å²) < 4.78 is 5.58. The summed E-state index contributed by atoms with van der Waals surface area (Å²) in [5.41, 5.74) is 0. The number of rotatable bonds is 5. The van der Waals surface area contributed by atoms with E-state index in [0.717, 1.165) is 58.2 Å². The Kier molecular flexibility index (Phi) is 5.76. The Bertz CT molecular complexity index is 464. The van der Waals surface area contributed by atoms with Crippen molar-refractivity contribution in [2.45, 2.75) is 76.6 Å². The summed E-state index contributed by atoms with van der Waals surface area (Å²) >= 11 is 0. The molecule has 3 saturated heterocycles. The van der Waals surface area contributed by atoms with Gasteiger partial charge in [0, 0.05) is 38.7 Å². The molecular weight excluding hydrogens is 306 g/mol. The number of ether oxygens (including phenoxy) is 1. The minimum absolute atomic E-state index is 0.0878. The van der Waals surface area contributed by atoms with Crippen molar-refractivity contribution in [3.05, 3.63) is 0 Å². The van der Waals surface area contributed by atoms with Gasteiger partial charge in [-0.2, -0.15) is 0 Å². The van der Waals surface area contributed by atoms with Gasteiger partial charge in [-0.05, 0) is 52.0 Å². The summed E-state index contributed by atoms with van der Waals surface area (Å²) in [6.07, 6.45) is 6.63. The molecule has 0 saturated carbocycles. The highest BCUT2D eigenvalue weighted by atomic mass is 16.5. The molecule has 136 valence electrons. The molecule has 0 aliphatic carbocycles. The molecule has 3 aliphatic heterocycles. The van der Waals surface area contributed by atoms with E-state index in [-0.39, 0.29) is 30.0 Å². The number of hydrogen-bond donors (Lipinski definition) is 1. The SMILES string of the molecule is CC(=O)N1CCC[C@@H]1[C@@H]1CCCN1[C@H](C)C(=O)NC[C@@H]1CCCO1. The molecular formula is C18H31N3O3. The van der Waals surface area contributed by atoms with Crippen molar-refractivity contribution in [3.8, 4) is 0 Å². The summed E-state index contributed by atoms with van der Waals surface area (Å²) in [5, 5.41) is 3.06. The summed E-state index contributed by atoms with van der Waals surface area (Å²) in [4.78, 5) is 28.8. The first-order valence-corrected chi connectivity index (χ1v) is 9.50.